The minimum atomic E-state index is -0.231. The molecule has 1 aromatic heterocycles. The number of aromatic amines is 1. The molecule has 3 N–H and O–H groups in total. The van der Waals surface area contributed by atoms with Crippen LogP contribution in [0.5, 0.6) is 5.75 Å². The molecule has 188 valence electrons. The lowest BCUT2D eigenvalue weighted by molar-refractivity contribution is 0.165. The van der Waals surface area contributed by atoms with E-state index in [1.807, 2.05) is 32.0 Å². The molecule has 0 unspecified atom stereocenters. The number of H-pyrrole nitrogens is 1. The van der Waals surface area contributed by atoms with E-state index in [4.69, 9.17) is 15.3 Å². The molecule has 1 saturated heterocycles. The number of aliphatic hydroxyl groups is 1. The van der Waals surface area contributed by atoms with E-state index < -0.39 is 0 Å². The summed E-state index contributed by atoms with van der Waals surface area (Å²) in [7, 11) is 0. The van der Waals surface area contributed by atoms with E-state index in [-0.39, 0.29) is 12.2 Å². The van der Waals surface area contributed by atoms with Crippen LogP contribution in [-0.4, -0.2) is 51.4 Å². The van der Waals surface area contributed by atoms with Crippen molar-refractivity contribution in [1.29, 1.82) is 5.41 Å². The maximum absolute atomic E-state index is 12.6. The molecule has 1 aliphatic rings. The van der Waals surface area contributed by atoms with E-state index in [0.29, 0.717) is 47.5 Å². The summed E-state index contributed by atoms with van der Waals surface area (Å²) in [4.78, 5) is 21.1. The molecule has 2 heterocycles. The zero-order valence-electron chi connectivity index (χ0n) is 21.2. The first-order valence-corrected chi connectivity index (χ1v) is 13.1. The number of aromatic nitrogens is 2. The number of unbranched alkanes of at least 4 members (excludes halogenated alkanes) is 1. The molecule has 0 radical (unpaired) electrons. The summed E-state index contributed by atoms with van der Waals surface area (Å²) in [6.07, 6.45) is 4.88. The highest BCUT2D eigenvalue weighted by atomic mass is 32.2. The van der Waals surface area contributed by atoms with Crippen molar-refractivity contribution >= 4 is 17.7 Å². The van der Waals surface area contributed by atoms with Crippen LogP contribution in [0.25, 0.3) is 11.4 Å². The Balaban J connectivity index is 0.000000945. The number of hydrogen-bond donors (Lipinski definition) is 3. The minimum absolute atomic E-state index is 0.231. The van der Waals surface area contributed by atoms with Crippen molar-refractivity contribution in [2.45, 2.75) is 71.6 Å². The summed E-state index contributed by atoms with van der Waals surface area (Å²) in [5.41, 5.74) is 1.78. The van der Waals surface area contributed by atoms with Gasteiger partial charge in [0.2, 0.25) is 0 Å². The van der Waals surface area contributed by atoms with Gasteiger partial charge in [-0.05, 0) is 62.8 Å². The van der Waals surface area contributed by atoms with Crippen molar-refractivity contribution in [1.82, 2.24) is 14.3 Å². The quantitative estimate of drug-likeness (QED) is 0.287. The van der Waals surface area contributed by atoms with Crippen LogP contribution >= 0.6 is 11.9 Å². The highest BCUT2D eigenvalue weighted by molar-refractivity contribution is 7.97. The first kappa shape index (κ1) is 28.1. The minimum Gasteiger partial charge on any atom is -0.493 e. The molecule has 1 aromatic carbocycles. The number of nitrogens with one attached hydrogen (secondary N) is 2. The molecule has 0 saturated carbocycles. The normalized spacial score (nSPS) is 13.7. The molecular formula is C26H40N4O3S. The molecule has 0 atom stereocenters. The fraction of sp³-hybridized carbons (Fsp3) is 0.577. The molecule has 3 rings (SSSR count). The van der Waals surface area contributed by atoms with Crippen LogP contribution in [0.3, 0.4) is 0 Å². The number of ether oxygens (including phenoxy) is 1. The Hall–Kier alpha value is -2.16. The Morgan fingerprint density at radius 2 is 1.94 bits per heavy atom. The van der Waals surface area contributed by atoms with Crippen LogP contribution in [0.15, 0.2) is 27.9 Å². The lowest BCUT2D eigenvalue weighted by Gasteiger charge is -2.37. The number of nitrogens with zero attached hydrogens (tertiary/aromatic N) is 2. The van der Waals surface area contributed by atoms with Gasteiger partial charge >= 0.3 is 0 Å². The van der Waals surface area contributed by atoms with Gasteiger partial charge in [0.05, 0.1) is 23.6 Å². The average Bonchev–Trinajstić information content (AvgIpc) is 2.80. The zero-order chi connectivity index (χ0) is 25.1. The first-order chi connectivity index (χ1) is 16.4. The molecule has 0 bridgehead atoms. The van der Waals surface area contributed by atoms with Crippen LogP contribution in [0.2, 0.25) is 0 Å². The van der Waals surface area contributed by atoms with Crippen molar-refractivity contribution < 1.29 is 9.84 Å². The van der Waals surface area contributed by atoms with Gasteiger partial charge in [0.25, 0.3) is 5.56 Å². The third-order valence-electron chi connectivity index (χ3n) is 5.64. The smallest absolute Gasteiger partial charge is 0.254 e. The third-order valence-corrected chi connectivity index (χ3v) is 6.66. The lowest BCUT2D eigenvalue weighted by atomic mass is 10.0. The molecule has 2 aromatic rings. The second kappa shape index (κ2) is 14.3. The van der Waals surface area contributed by atoms with E-state index in [0.717, 1.165) is 36.4 Å². The van der Waals surface area contributed by atoms with Crippen LogP contribution in [-0.2, 0) is 0 Å². The third kappa shape index (κ3) is 7.68. The van der Waals surface area contributed by atoms with E-state index in [1.165, 1.54) is 12.8 Å². The van der Waals surface area contributed by atoms with Crippen LogP contribution in [0.4, 0.5) is 0 Å². The largest absolute Gasteiger partial charge is 0.493 e. The number of benzene rings is 1. The second-order valence-corrected chi connectivity index (χ2v) is 9.69. The van der Waals surface area contributed by atoms with Crippen molar-refractivity contribution in [3.05, 3.63) is 39.8 Å². The molecule has 8 heteroatoms. The van der Waals surface area contributed by atoms with E-state index in [2.05, 4.69) is 28.1 Å². The van der Waals surface area contributed by atoms with E-state index in [9.17, 15) is 4.79 Å². The maximum atomic E-state index is 12.6. The zero-order valence-corrected chi connectivity index (χ0v) is 22.1. The lowest BCUT2D eigenvalue weighted by Crippen LogP contribution is -2.42. The molecule has 7 nitrogen and oxygen atoms in total. The van der Waals surface area contributed by atoms with Gasteiger partial charge in [-0.25, -0.2) is 9.29 Å². The SMILES string of the molecule is CCCC.CCCC(=N)c1nc(-c2cc(SN3CC(CCO)C3)ccc2OCC)[nH]c(=O)c1C. The molecule has 1 aliphatic heterocycles. The molecule has 34 heavy (non-hydrogen) atoms. The van der Waals surface area contributed by atoms with E-state index in [1.54, 1.807) is 18.9 Å². The molecule has 0 spiro atoms. The standard InChI is InChI=1S/C22H30N4O3S.C4H10/c1-4-6-18(23)20-14(3)22(28)25-21(24-20)17-11-16(7-8-19(17)29-5-2)30-26-12-15(13-26)9-10-27;1-3-4-2/h7-8,11,15,23,27H,4-6,9-10,12-13H2,1-3H3,(H,24,25,28);3-4H2,1-2H3. The van der Waals surface area contributed by atoms with Crippen LogP contribution in [0, 0.1) is 18.3 Å². The summed E-state index contributed by atoms with van der Waals surface area (Å²) in [6, 6.07) is 5.89. The van der Waals surface area contributed by atoms with Gasteiger partial charge in [-0.1, -0.05) is 40.0 Å². The molecular weight excluding hydrogens is 448 g/mol. The van der Waals surface area contributed by atoms with Gasteiger partial charge in [0.15, 0.2) is 0 Å². The maximum Gasteiger partial charge on any atom is 0.254 e. The predicted molar refractivity (Wildman–Crippen MR) is 141 cm³/mol. The molecule has 0 amide bonds. The van der Waals surface area contributed by atoms with Crippen molar-refractivity contribution in [3.63, 3.8) is 0 Å². The average molecular weight is 489 g/mol. The van der Waals surface area contributed by atoms with Crippen molar-refractivity contribution in [2.75, 3.05) is 26.3 Å². The Morgan fingerprint density at radius 3 is 2.53 bits per heavy atom. The highest BCUT2D eigenvalue weighted by Gasteiger charge is 2.27. The van der Waals surface area contributed by atoms with Crippen molar-refractivity contribution in [2.24, 2.45) is 5.92 Å². The summed E-state index contributed by atoms with van der Waals surface area (Å²) in [6.45, 7) is 12.6. The Morgan fingerprint density at radius 1 is 1.24 bits per heavy atom. The van der Waals surface area contributed by atoms with Crippen LogP contribution < -0.4 is 10.3 Å². The predicted octanol–water partition coefficient (Wildman–Crippen LogP) is 5.44. The molecule has 1 fully saturated rings. The topological polar surface area (TPSA) is 102 Å². The van der Waals surface area contributed by atoms with Gasteiger partial charge in [-0.15, -0.1) is 0 Å². The first-order valence-electron chi connectivity index (χ1n) is 12.4. The van der Waals surface area contributed by atoms with Gasteiger partial charge in [-0.2, -0.15) is 0 Å². The van der Waals surface area contributed by atoms with Gasteiger partial charge < -0.3 is 20.2 Å². The monoisotopic (exact) mass is 488 g/mol. The summed E-state index contributed by atoms with van der Waals surface area (Å²) >= 11 is 1.66. The fourth-order valence-corrected chi connectivity index (χ4v) is 4.63. The van der Waals surface area contributed by atoms with Gasteiger partial charge in [0.1, 0.15) is 11.6 Å². The van der Waals surface area contributed by atoms with Gasteiger partial charge in [0, 0.05) is 30.2 Å². The number of rotatable bonds is 11. The Labute approximate surface area is 208 Å². The van der Waals surface area contributed by atoms with Gasteiger partial charge in [-0.3, -0.25) is 4.79 Å². The summed E-state index contributed by atoms with van der Waals surface area (Å²) in [5.74, 6) is 1.63. The summed E-state index contributed by atoms with van der Waals surface area (Å²) < 4.78 is 8.05. The van der Waals surface area contributed by atoms with E-state index >= 15 is 0 Å². The molecule has 0 aliphatic carbocycles. The Kier molecular flexibility index (Phi) is 11.8. The fourth-order valence-electron chi connectivity index (χ4n) is 3.47. The second-order valence-electron chi connectivity index (χ2n) is 8.52. The number of aliphatic hydroxyl groups excluding tert-OH is 1. The van der Waals surface area contributed by atoms with Crippen LogP contribution in [0.1, 0.15) is 71.1 Å². The Bertz CT molecular complexity index is 984. The number of hydrogen-bond acceptors (Lipinski definition) is 7. The van der Waals surface area contributed by atoms with Crippen molar-refractivity contribution in [3.8, 4) is 17.1 Å². The highest BCUT2D eigenvalue weighted by Crippen LogP contribution is 2.36. The summed E-state index contributed by atoms with van der Waals surface area (Å²) in [5, 5.41) is 17.4.